The largest absolute Gasteiger partial charge is 0.456 e. The van der Waals surface area contributed by atoms with Gasteiger partial charge in [0, 0.05) is 50.5 Å². The van der Waals surface area contributed by atoms with Crippen LogP contribution in [0.15, 0.2) is 105 Å². The first-order valence-electron chi connectivity index (χ1n) is 10.9. The van der Waals surface area contributed by atoms with Gasteiger partial charge >= 0.3 is 0 Å². The molecule has 0 bridgehead atoms. The van der Waals surface area contributed by atoms with Crippen molar-refractivity contribution in [3.8, 4) is 11.1 Å². The summed E-state index contributed by atoms with van der Waals surface area (Å²) in [7, 11) is 0. The highest BCUT2D eigenvalue weighted by atomic mass is 16.3. The van der Waals surface area contributed by atoms with E-state index in [1.807, 2.05) is 60.8 Å². The topological polar surface area (TPSA) is 52.3 Å². The SMILES string of the molecule is c1cncc(-c2cc3oc4ccc5c6ccccc6oc5c4c3c3c2oc2ccccc23)c1. The van der Waals surface area contributed by atoms with Crippen molar-refractivity contribution in [2.75, 3.05) is 0 Å². The average Bonchev–Trinajstić information content (AvgIpc) is 3.54. The average molecular weight is 425 g/mol. The van der Waals surface area contributed by atoms with Gasteiger partial charge in [-0.15, -0.1) is 0 Å². The number of pyridine rings is 1. The van der Waals surface area contributed by atoms with E-state index in [4.69, 9.17) is 13.3 Å². The van der Waals surface area contributed by atoms with Gasteiger partial charge in [0.05, 0.1) is 5.39 Å². The first-order valence-corrected chi connectivity index (χ1v) is 10.9. The molecule has 8 aromatic rings. The number of fused-ring (bicyclic) bond motifs is 11. The lowest BCUT2D eigenvalue weighted by Crippen LogP contribution is -1.81. The van der Waals surface area contributed by atoms with Crippen LogP contribution in [-0.4, -0.2) is 4.98 Å². The Kier molecular flexibility index (Phi) is 3.11. The Morgan fingerprint density at radius 2 is 1.30 bits per heavy atom. The fourth-order valence-electron chi connectivity index (χ4n) is 5.15. The molecular weight excluding hydrogens is 410 g/mol. The minimum absolute atomic E-state index is 0.798. The van der Waals surface area contributed by atoms with Crippen LogP contribution in [0.3, 0.4) is 0 Å². The molecular formula is C29H15NO3. The van der Waals surface area contributed by atoms with Crippen molar-refractivity contribution in [3.63, 3.8) is 0 Å². The van der Waals surface area contributed by atoms with Gasteiger partial charge in [0.25, 0.3) is 0 Å². The highest BCUT2D eigenvalue weighted by Gasteiger charge is 2.23. The maximum absolute atomic E-state index is 6.44. The minimum Gasteiger partial charge on any atom is -0.456 e. The van der Waals surface area contributed by atoms with Crippen molar-refractivity contribution in [2.45, 2.75) is 0 Å². The standard InChI is InChI=1S/C29H15NO3/c1-3-9-21-17(7-1)18-11-12-23-27(28(18)32-21)26-24(31-23)14-20(16-6-5-13-30-15-16)29-25(26)19-8-2-4-10-22(19)33-29/h1-15H. The van der Waals surface area contributed by atoms with Crippen molar-refractivity contribution in [1.82, 2.24) is 4.98 Å². The quantitative estimate of drug-likeness (QED) is 0.265. The van der Waals surface area contributed by atoms with E-state index in [1.165, 1.54) is 0 Å². The smallest absolute Gasteiger partial charge is 0.147 e. The highest BCUT2D eigenvalue weighted by molar-refractivity contribution is 6.33. The lowest BCUT2D eigenvalue weighted by Gasteiger charge is -2.03. The molecule has 0 saturated heterocycles. The van der Waals surface area contributed by atoms with Crippen LogP contribution >= 0.6 is 0 Å². The van der Waals surface area contributed by atoms with Gasteiger partial charge in [0.15, 0.2) is 0 Å². The molecule has 4 heterocycles. The zero-order valence-corrected chi connectivity index (χ0v) is 17.3. The lowest BCUT2D eigenvalue weighted by molar-refractivity contribution is 0.660. The Bertz CT molecular complexity index is 2020. The molecule has 0 aliphatic carbocycles. The van der Waals surface area contributed by atoms with Gasteiger partial charge in [-0.2, -0.15) is 0 Å². The van der Waals surface area contributed by atoms with Gasteiger partial charge in [0.1, 0.15) is 33.5 Å². The van der Waals surface area contributed by atoms with Crippen molar-refractivity contribution in [3.05, 3.63) is 91.3 Å². The first-order chi connectivity index (χ1) is 16.4. The fraction of sp³-hybridized carbons (Fsp3) is 0. The fourth-order valence-corrected chi connectivity index (χ4v) is 5.15. The number of furan rings is 3. The second-order valence-electron chi connectivity index (χ2n) is 8.36. The molecule has 0 N–H and O–H groups in total. The Morgan fingerprint density at radius 3 is 2.15 bits per heavy atom. The summed E-state index contributed by atoms with van der Waals surface area (Å²) in [6, 6.07) is 26.4. The number of rotatable bonds is 1. The molecule has 0 amide bonds. The molecule has 0 radical (unpaired) electrons. The van der Waals surface area contributed by atoms with Crippen LogP contribution < -0.4 is 0 Å². The summed E-state index contributed by atoms with van der Waals surface area (Å²) in [4.78, 5) is 4.32. The number of hydrogen-bond acceptors (Lipinski definition) is 4. The maximum Gasteiger partial charge on any atom is 0.147 e. The molecule has 0 saturated carbocycles. The molecule has 4 aromatic heterocycles. The second-order valence-corrected chi connectivity index (χ2v) is 8.36. The van der Waals surface area contributed by atoms with E-state index < -0.39 is 0 Å². The number of nitrogens with zero attached hydrogens (tertiary/aromatic N) is 1. The van der Waals surface area contributed by atoms with Crippen LogP contribution in [0, 0.1) is 0 Å². The van der Waals surface area contributed by atoms with Crippen molar-refractivity contribution in [1.29, 1.82) is 0 Å². The van der Waals surface area contributed by atoms with Gasteiger partial charge in [-0.05, 0) is 36.4 Å². The summed E-state index contributed by atoms with van der Waals surface area (Å²) in [5.74, 6) is 0. The van der Waals surface area contributed by atoms with Gasteiger partial charge in [-0.1, -0.05) is 42.5 Å². The molecule has 4 heteroatoms. The zero-order chi connectivity index (χ0) is 21.5. The van der Waals surface area contributed by atoms with E-state index in [-0.39, 0.29) is 0 Å². The van der Waals surface area contributed by atoms with E-state index in [0.29, 0.717) is 0 Å². The Balaban J connectivity index is 1.66. The Hall–Kier alpha value is -4.57. The summed E-state index contributed by atoms with van der Waals surface area (Å²) in [6.45, 7) is 0. The molecule has 0 spiro atoms. The number of aromatic nitrogens is 1. The molecule has 33 heavy (non-hydrogen) atoms. The third kappa shape index (κ3) is 2.17. The van der Waals surface area contributed by atoms with E-state index >= 15 is 0 Å². The zero-order valence-electron chi connectivity index (χ0n) is 17.3. The maximum atomic E-state index is 6.44. The van der Waals surface area contributed by atoms with E-state index in [2.05, 4.69) is 29.2 Å². The Labute approximate surface area is 186 Å². The summed E-state index contributed by atoms with van der Waals surface area (Å²) >= 11 is 0. The third-order valence-corrected chi connectivity index (χ3v) is 6.56. The van der Waals surface area contributed by atoms with E-state index in [1.54, 1.807) is 6.20 Å². The van der Waals surface area contributed by atoms with Gasteiger partial charge in [-0.3, -0.25) is 4.98 Å². The monoisotopic (exact) mass is 425 g/mol. The van der Waals surface area contributed by atoms with Crippen LogP contribution in [0.2, 0.25) is 0 Å². The predicted molar refractivity (Wildman–Crippen MR) is 132 cm³/mol. The van der Waals surface area contributed by atoms with Crippen LogP contribution in [0.1, 0.15) is 0 Å². The molecule has 0 aliphatic rings. The minimum atomic E-state index is 0.798. The molecule has 154 valence electrons. The molecule has 4 aromatic carbocycles. The molecule has 0 aliphatic heterocycles. The number of para-hydroxylation sites is 2. The summed E-state index contributed by atoms with van der Waals surface area (Å²) in [5, 5.41) is 6.27. The van der Waals surface area contributed by atoms with Gasteiger partial charge < -0.3 is 13.3 Å². The predicted octanol–water partition coefficient (Wildman–Crippen LogP) is 8.45. The number of hydrogen-bond donors (Lipinski definition) is 0. The molecule has 4 nitrogen and oxygen atoms in total. The van der Waals surface area contributed by atoms with Crippen molar-refractivity contribution >= 4 is 65.8 Å². The van der Waals surface area contributed by atoms with Crippen LogP contribution in [-0.2, 0) is 0 Å². The van der Waals surface area contributed by atoms with Gasteiger partial charge in [-0.25, -0.2) is 0 Å². The van der Waals surface area contributed by atoms with E-state index in [0.717, 1.165) is 76.9 Å². The molecule has 8 rings (SSSR count). The van der Waals surface area contributed by atoms with Crippen LogP contribution in [0.25, 0.3) is 76.9 Å². The first kappa shape index (κ1) is 17.0. The molecule has 0 fully saturated rings. The van der Waals surface area contributed by atoms with Crippen molar-refractivity contribution in [2.24, 2.45) is 0 Å². The van der Waals surface area contributed by atoms with Crippen LogP contribution in [0.5, 0.6) is 0 Å². The van der Waals surface area contributed by atoms with Gasteiger partial charge in [0.2, 0.25) is 0 Å². The van der Waals surface area contributed by atoms with E-state index in [9.17, 15) is 0 Å². The van der Waals surface area contributed by atoms with Crippen molar-refractivity contribution < 1.29 is 13.3 Å². The number of benzene rings is 4. The second kappa shape index (κ2) is 6.02. The summed E-state index contributed by atoms with van der Waals surface area (Å²) < 4.78 is 19.2. The lowest BCUT2D eigenvalue weighted by atomic mass is 9.98. The van der Waals surface area contributed by atoms with Crippen LogP contribution in [0.4, 0.5) is 0 Å². The molecule has 0 atom stereocenters. The Morgan fingerprint density at radius 1 is 0.515 bits per heavy atom. The normalized spacial score (nSPS) is 12.2. The highest BCUT2D eigenvalue weighted by Crippen LogP contribution is 2.47. The summed E-state index contributed by atoms with van der Waals surface area (Å²) in [6.07, 6.45) is 3.63. The summed E-state index contributed by atoms with van der Waals surface area (Å²) in [5.41, 5.74) is 6.92. The third-order valence-electron chi connectivity index (χ3n) is 6.56. The molecule has 0 unspecified atom stereocenters.